The molecular formula is C22H23BN2O3. The van der Waals surface area contributed by atoms with Crippen LogP contribution < -0.4 is 5.46 Å². The minimum absolute atomic E-state index is 0.171. The lowest BCUT2D eigenvalue weighted by atomic mass is 9.75. The first-order valence-electron chi connectivity index (χ1n) is 9.84. The molecular weight excluding hydrogens is 351 g/mol. The minimum atomic E-state index is -0.871. The first-order chi connectivity index (χ1) is 13.7. The van der Waals surface area contributed by atoms with Crippen LogP contribution in [0.2, 0.25) is 0 Å². The molecule has 0 atom stereocenters. The van der Waals surface area contributed by atoms with Gasteiger partial charge in [0.2, 0.25) is 5.91 Å². The molecule has 2 aliphatic heterocycles. The quantitative estimate of drug-likeness (QED) is 0.832. The van der Waals surface area contributed by atoms with Crippen molar-refractivity contribution in [1.82, 2.24) is 4.90 Å². The van der Waals surface area contributed by atoms with Crippen LogP contribution >= 0.6 is 0 Å². The van der Waals surface area contributed by atoms with E-state index >= 15 is 0 Å². The maximum absolute atomic E-state index is 12.7. The van der Waals surface area contributed by atoms with E-state index in [-0.39, 0.29) is 5.91 Å². The van der Waals surface area contributed by atoms with E-state index in [2.05, 4.69) is 6.07 Å². The van der Waals surface area contributed by atoms with Crippen molar-refractivity contribution < 1.29 is 14.5 Å². The number of piperidine rings is 1. The topological polar surface area (TPSA) is 73.6 Å². The van der Waals surface area contributed by atoms with Crippen LogP contribution in [0.5, 0.6) is 0 Å². The lowest BCUT2D eigenvalue weighted by molar-refractivity contribution is -0.132. The summed E-state index contributed by atoms with van der Waals surface area (Å²) in [4.78, 5) is 14.6. The Morgan fingerprint density at radius 2 is 1.96 bits per heavy atom. The molecule has 0 radical (unpaired) electrons. The highest BCUT2D eigenvalue weighted by molar-refractivity contribution is 6.62. The Bertz CT molecular complexity index is 899. The fourth-order valence-corrected chi connectivity index (χ4v) is 4.27. The molecule has 1 N–H and O–H groups in total. The summed E-state index contributed by atoms with van der Waals surface area (Å²) in [5.41, 5.74) is 4.79. The second-order valence-electron chi connectivity index (χ2n) is 7.54. The number of amides is 1. The molecule has 2 aromatic carbocycles. The SMILES string of the molecule is N#Cc1ccc(C2CCN(C(=O)CCc3cccc4c3B(O)OC4)CC2)cc1. The van der Waals surface area contributed by atoms with Gasteiger partial charge in [0, 0.05) is 19.5 Å². The van der Waals surface area contributed by atoms with Gasteiger partial charge in [0.25, 0.3) is 0 Å². The number of carbonyl (C=O) groups excluding carboxylic acids is 1. The Balaban J connectivity index is 1.31. The molecule has 28 heavy (non-hydrogen) atoms. The summed E-state index contributed by atoms with van der Waals surface area (Å²) in [5.74, 6) is 0.616. The van der Waals surface area contributed by atoms with Crippen molar-refractivity contribution in [3.8, 4) is 6.07 Å². The molecule has 2 aliphatic rings. The lowest BCUT2D eigenvalue weighted by Gasteiger charge is -2.32. The summed E-state index contributed by atoms with van der Waals surface area (Å²) >= 11 is 0. The van der Waals surface area contributed by atoms with Crippen LogP contribution in [0.4, 0.5) is 0 Å². The van der Waals surface area contributed by atoms with Gasteiger partial charge in [0.05, 0.1) is 18.2 Å². The van der Waals surface area contributed by atoms with Crippen molar-refractivity contribution >= 4 is 18.5 Å². The molecule has 0 aromatic heterocycles. The van der Waals surface area contributed by atoms with Gasteiger partial charge in [-0.25, -0.2) is 0 Å². The predicted molar refractivity (Wildman–Crippen MR) is 107 cm³/mol. The Labute approximate surface area is 165 Å². The van der Waals surface area contributed by atoms with Gasteiger partial charge in [0.15, 0.2) is 0 Å². The zero-order valence-corrected chi connectivity index (χ0v) is 15.8. The van der Waals surface area contributed by atoms with Crippen LogP contribution in [0.3, 0.4) is 0 Å². The van der Waals surface area contributed by atoms with Gasteiger partial charge in [-0.3, -0.25) is 4.79 Å². The number of nitriles is 1. The van der Waals surface area contributed by atoms with Crippen LogP contribution in [0.1, 0.15) is 47.4 Å². The third-order valence-electron chi connectivity index (χ3n) is 5.90. The smallest absolute Gasteiger partial charge is 0.423 e. The summed E-state index contributed by atoms with van der Waals surface area (Å²) in [6.45, 7) is 1.96. The van der Waals surface area contributed by atoms with Gasteiger partial charge in [-0.1, -0.05) is 30.3 Å². The molecule has 6 heteroatoms. The van der Waals surface area contributed by atoms with E-state index in [9.17, 15) is 9.82 Å². The molecule has 0 spiro atoms. The van der Waals surface area contributed by atoms with E-state index in [0.717, 1.165) is 42.5 Å². The van der Waals surface area contributed by atoms with Gasteiger partial charge < -0.3 is 14.6 Å². The van der Waals surface area contributed by atoms with E-state index in [1.807, 2.05) is 47.4 Å². The second-order valence-corrected chi connectivity index (χ2v) is 7.54. The molecule has 0 saturated carbocycles. The number of rotatable bonds is 4. The minimum Gasteiger partial charge on any atom is -0.423 e. The molecule has 4 rings (SSSR count). The van der Waals surface area contributed by atoms with E-state index in [4.69, 9.17) is 9.92 Å². The summed E-state index contributed by atoms with van der Waals surface area (Å²) in [7, 11) is -0.871. The van der Waals surface area contributed by atoms with E-state index in [1.54, 1.807) is 0 Å². The monoisotopic (exact) mass is 374 g/mol. The van der Waals surface area contributed by atoms with Crippen molar-refractivity contribution in [2.75, 3.05) is 13.1 Å². The van der Waals surface area contributed by atoms with Crippen molar-refractivity contribution in [1.29, 1.82) is 5.26 Å². The molecule has 1 fully saturated rings. The van der Waals surface area contributed by atoms with Gasteiger partial charge in [0.1, 0.15) is 0 Å². The maximum Gasteiger partial charge on any atom is 0.492 e. The Morgan fingerprint density at radius 1 is 1.21 bits per heavy atom. The molecule has 0 aliphatic carbocycles. The average molecular weight is 374 g/mol. The summed E-state index contributed by atoms with van der Waals surface area (Å²) in [6, 6.07) is 15.8. The third kappa shape index (κ3) is 3.82. The number of fused-ring (bicyclic) bond motifs is 1. The van der Waals surface area contributed by atoms with Crippen LogP contribution in [0, 0.1) is 11.3 Å². The average Bonchev–Trinajstić information content (AvgIpc) is 3.14. The highest BCUT2D eigenvalue weighted by Gasteiger charge is 2.30. The number of hydrogen-bond acceptors (Lipinski definition) is 4. The van der Waals surface area contributed by atoms with E-state index < -0.39 is 7.12 Å². The molecule has 0 unspecified atom stereocenters. The lowest BCUT2D eigenvalue weighted by Crippen LogP contribution is -2.38. The molecule has 2 aromatic rings. The number of likely N-dealkylation sites (tertiary alicyclic amines) is 1. The Morgan fingerprint density at radius 3 is 2.68 bits per heavy atom. The Kier molecular flexibility index (Phi) is 5.47. The van der Waals surface area contributed by atoms with Gasteiger partial charge in [-0.15, -0.1) is 0 Å². The fourth-order valence-electron chi connectivity index (χ4n) is 4.27. The number of nitrogens with zero attached hydrogens (tertiary/aromatic N) is 2. The van der Waals surface area contributed by atoms with Crippen LogP contribution in [-0.4, -0.2) is 36.0 Å². The Hall–Kier alpha value is -2.62. The zero-order valence-electron chi connectivity index (χ0n) is 15.8. The second kappa shape index (κ2) is 8.18. The number of benzene rings is 2. The summed E-state index contributed by atoms with van der Waals surface area (Å²) in [6.07, 6.45) is 2.97. The van der Waals surface area contributed by atoms with E-state index in [0.29, 0.717) is 30.9 Å². The number of aryl methyl sites for hydroxylation is 1. The predicted octanol–water partition coefficient (Wildman–Crippen LogP) is 2.11. The largest absolute Gasteiger partial charge is 0.492 e. The van der Waals surface area contributed by atoms with Crippen LogP contribution in [-0.2, 0) is 22.5 Å². The first-order valence-corrected chi connectivity index (χ1v) is 9.84. The zero-order chi connectivity index (χ0) is 19.5. The molecule has 0 bridgehead atoms. The molecule has 1 amide bonds. The normalized spacial score (nSPS) is 16.7. The van der Waals surface area contributed by atoms with Gasteiger partial charge >= 0.3 is 7.12 Å². The first kappa shape index (κ1) is 18.7. The highest BCUT2D eigenvalue weighted by atomic mass is 16.5. The van der Waals surface area contributed by atoms with Crippen LogP contribution in [0.25, 0.3) is 0 Å². The van der Waals surface area contributed by atoms with Crippen LogP contribution in [0.15, 0.2) is 42.5 Å². The maximum atomic E-state index is 12.7. The standard InChI is InChI=1S/C22H23BN2O3/c24-14-16-4-6-17(7-5-16)18-10-12-25(13-11-18)21(26)9-8-19-2-1-3-20-15-28-23(27)22(19)20/h1-7,18,27H,8-13,15H2. The van der Waals surface area contributed by atoms with E-state index in [1.165, 1.54) is 5.56 Å². The summed E-state index contributed by atoms with van der Waals surface area (Å²) in [5, 5.41) is 18.9. The van der Waals surface area contributed by atoms with Crippen molar-refractivity contribution in [2.24, 2.45) is 0 Å². The van der Waals surface area contributed by atoms with Crippen molar-refractivity contribution in [2.45, 2.75) is 38.2 Å². The molecule has 1 saturated heterocycles. The number of carbonyl (C=O) groups is 1. The van der Waals surface area contributed by atoms with Crippen molar-refractivity contribution in [3.05, 3.63) is 64.7 Å². The summed E-state index contributed by atoms with van der Waals surface area (Å²) < 4.78 is 5.30. The van der Waals surface area contributed by atoms with Crippen molar-refractivity contribution in [3.63, 3.8) is 0 Å². The van der Waals surface area contributed by atoms with Gasteiger partial charge in [-0.05, 0) is 59.5 Å². The third-order valence-corrected chi connectivity index (χ3v) is 5.90. The fraction of sp³-hybridized carbons (Fsp3) is 0.364. The molecule has 5 nitrogen and oxygen atoms in total. The molecule has 142 valence electrons. The number of hydrogen-bond donors (Lipinski definition) is 1. The molecule has 2 heterocycles. The highest BCUT2D eigenvalue weighted by Crippen LogP contribution is 2.28. The van der Waals surface area contributed by atoms with Gasteiger partial charge in [-0.2, -0.15) is 5.26 Å².